The Kier molecular flexibility index (Phi) is 5.59. The molecule has 0 aliphatic carbocycles. The zero-order valence-corrected chi connectivity index (χ0v) is 18.0. The molecule has 162 valence electrons. The summed E-state index contributed by atoms with van der Waals surface area (Å²) >= 11 is 0. The van der Waals surface area contributed by atoms with Crippen LogP contribution in [0.25, 0.3) is 16.7 Å². The Hall–Kier alpha value is -4.20. The van der Waals surface area contributed by atoms with Crippen molar-refractivity contribution in [3.05, 3.63) is 92.8 Å². The number of hydrogen-bond acceptors (Lipinski definition) is 5. The Bertz CT molecular complexity index is 1440. The molecule has 1 N–H and O–H groups in total. The Morgan fingerprint density at radius 2 is 1.78 bits per heavy atom. The van der Waals surface area contributed by atoms with Crippen molar-refractivity contribution in [3.63, 3.8) is 0 Å². The lowest BCUT2D eigenvalue weighted by Gasteiger charge is -2.15. The monoisotopic (exact) mass is 430 g/mol. The summed E-state index contributed by atoms with van der Waals surface area (Å²) in [5.41, 5.74) is 1.52. The van der Waals surface area contributed by atoms with E-state index < -0.39 is 23.7 Å². The third-order valence-corrected chi connectivity index (χ3v) is 5.09. The van der Waals surface area contributed by atoms with Gasteiger partial charge in [0, 0.05) is 17.4 Å². The predicted molar refractivity (Wildman–Crippen MR) is 123 cm³/mol. The number of pyridine rings is 1. The first-order valence-corrected chi connectivity index (χ1v) is 10.0. The van der Waals surface area contributed by atoms with E-state index in [0.29, 0.717) is 33.8 Å². The van der Waals surface area contributed by atoms with Crippen molar-refractivity contribution in [2.24, 2.45) is 0 Å². The fraction of sp³-hybridized carbons (Fsp3) is 0.167. The van der Waals surface area contributed by atoms with Crippen LogP contribution in [0.1, 0.15) is 11.3 Å². The SMILES string of the molecule is COc1cccc(NC(=O)Cn2c(=O)c3c(C)cc(C)nc3n(-c3ccccc3)c2=O)c1. The first-order valence-electron chi connectivity index (χ1n) is 10.0. The van der Waals surface area contributed by atoms with Gasteiger partial charge in [0.15, 0.2) is 5.65 Å². The van der Waals surface area contributed by atoms with Crippen molar-refractivity contribution in [3.8, 4) is 11.4 Å². The number of carbonyl (C=O) groups excluding carboxylic acids is 1. The zero-order valence-electron chi connectivity index (χ0n) is 18.0. The highest BCUT2D eigenvalue weighted by Gasteiger charge is 2.19. The standard InChI is InChI=1S/C24H22N4O4/c1-15-12-16(2)25-22-21(15)23(30)27(24(31)28(22)18-9-5-4-6-10-18)14-20(29)26-17-8-7-11-19(13-17)32-3/h4-13H,14H2,1-3H3,(H,26,29). The van der Waals surface area contributed by atoms with Gasteiger partial charge in [0.2, 0.25) is 5.91 Å². The average molecular weight is 430 g/mol. The summed E-state index contributed by atoms with van der Waals surface area (Å²) in [4.78, 5) is 43.9. The largest absolute Gasteiger partial charge is 0.497 e. The first kappa shape index (κ1) is 21.0. The number of methoxy groups -OCH3 is 1. The molecule has 4 rings (SSSR count). The highest BCUT2D eigenvalue weighted by molar-refractivity contribution is 5.91. The van der Waals surface area contributed by atoms with Crippen LogP contribution in [0, 0.1) is 13.8 Å². The highest BCUT2D eigenvalue weighted by atomic mass is 16.5. The molecule has 0 aliphatic heterocycles. The minimum atomic E-state index is -0.632. The molecule has 0 saturated carbocycles. The summed E-state index contributed by atoms with van der Waals surface area (Å²) in [6.07, 6.45) is 0. The molecule has 0 atom stereocenters. The van der Waals surface area contributed by atoms with E-state index in [0.717, 1.165) is 4.57 Å². The summed E-state index contributed by atoms with van der Waals surface area (Å²) in [6, 6.07) is 17.5. The Morgan fingerprint density at radius 3 is 2.50 bits per heavy atom. The number of rotatable bonds is 5. The van der Waals surface area contributed by atoms with Gasteiger partial charge in [-0.15, -0.1) is 0 Å². The topological polar surface area (TPSA) is 95.2 Å². The molecule has 0 bridgehead atoms. The van der Waals surface area contributed by atoms with E-state index >= 15 is 0 Å². The first-order chi connectivity index (χ1) is 15.4. The minimum absolute atomic E-state index is 0.271. The van der Waals surface area contributed by atoms with Crippen molar-refractivity contribution in [1.82, 2.24) is 14.1 Å². The number of benzene rings is 2. The Labute approximate surface area is 183 Å². The van der Waals surface area contributed by atoms with Crippen molar-refractivity contribution in [2.75, 3.05) is 12.4 Å². The van der Waals surface area contributed by atoms with Crippen LogP contribution in [0.2, 0.25) is 0 Å². The maximum atomic E-state index is 13.4. The summed E-state index contributed by atoms with van der Waals surface area (Å²) < 4.78 is 7.47. The van der Waals surface area contributed by atoms with Gasteiger partial charge in [0.05, 0.1) is 18.2 Å². The molecule has 0 fully saturated rings. The molecule has 1 amide bonds. The second kappa shape index (κ2) is 8.50. The third kappa shape index (κ3) is 3.90. The normalized spacial score (nSPS) is 10.8. The number of nitrogens with one attached hydrogen (secondary N) is 1. The Morgan fingerprint density at radius 1 is 1.03 bits per heavy atom. The lowest BCUT2D eigenvalue weighted by Crippen LogP contribution is -2.42. The van der Waals surface area contributed by atoms with Gasteiger partial charge >= 0.3 is 5.69 Å². The zero-order chi connectivity index (χ0) is 22.8. The fourth-order valence-electron chi connectivity index (χ4n) is 3.67. The quantitative estimate of drug-likeness (QED) is 0.525. The summed E-state index contributed by atoms with van der Waals surface area (Å²) in [6.45, 7) is 3.16. The number of amides is 1. The maximum absolute atomic E-state index is 13.4. The maximum Gasteiger partial charge on any atom is 0.337 e. The van der Waals surface area contributed by atoms with Gasteiger partial charge in [0.25, 0.3) is 5.56 Å². The average Bonchev–Trinajstić information content (AvgIpc) is 2.77. The predicted octanol–water partition coefficient (Wildman–Crippen LogP) is 2.81. The van der Waals surface area contributed by atoms with Crippen molar-refractivity contribution in [2.45, 2.75) is 20.4 Å². The van der Waals surface area contributed by atoms with E-state index in [2.05, 4.69) is 10.3 Å². The molecule has 0 radical (unpaired) electrons. The molecule has 8 heteroatoms. The second-order valence-electron chi connectivity index (χ2n) is 7.40. The number of nitrogens with zero attached hydrogens (tertiary/aromatic N) is 3. The number of aryl methyl sites for hydroxylation is 2. The van der Waals surface area contributed by atoms with E-state index in [1.54, 1.807) is 68.4 Å². The van der Waals surface area contributed by atoms with Crippen LogP contribution in [0.15, 0.2) is 70.3 Å². The number of carbonyl (C=O) groups is 1. The molecule has 2 aromatic carbocycles. The van der Waals surface area contributed by atoms with E-state index in [9.17, 15) is 14.4 Å². The smallest absolute Gasteiger partial charge is 0.337 e. The number of hydrogen-bond donors (Lipinski definition) is 1. The van der Waals surface area contributed by atoms with Crippen LogP contribution in [-0.4, -0.2) is 27.1 Å². The van der Waals surface area contributed by atoms with Gasteiger partial charge in [-0.1, -0.05) is 24.3 Å². The van der Waals surface area contributed by atoms with Crippen molar-refractivity contribution >= 4 is 22.6 Å². The van der Waals surface area contributed by atoms with Crippen LogP contribution in [-0.2, 0) is 11.3 Å². The molecule has 0 saturated heterocycles. The number of anilines is 1. The lowest BCUT2D eigenvalue weighted by atomic mass is 10.1. The van der Waals surface area contributed by atoms with Gasteiger partial charge < -0.3 is 10.1 Å². The van der Waals surface area contributed by atoms with Crippen LogP contribution in [0.4, 0.5) is 5.69 Å². The van der Waals surface area contributed by atoms with E-state index in [-0.39, 0.29) is 5.65 Å². The summed E-state index contributed by atoms with van der Waals surface area (Å²) in [5.74, 6) is 0.0725. The molecule has 4 aromatic rings. The van der Waals surface area contributed by atoms with Gasteiger partial charge in [-0.2, -0.15) is 0 Å². The highest BCUT2D eigenvalue weighted by Crippen LogP contribution is 2.18. The lowest BCUT2D eigenvalue weighted by molar-refractivity contribution is -0.116. The van der Waals surface area contributed by atoms with Crippen LogP contribution < -0.4 is 21.3 Å². The number of para-hydroxylation sites is 1. The molecule has 0 aliphatic rings. The Balaban J connectivity index is 1.85. The molecule has 0 unspecified atom stereocenters. The van der Waals surface area contributed by atoms with Crippen molar-refractivity contribution < 1.29 is 9.53 Å². The third-order valence-electron chi connectivity index (χ3n) is 5.09. The van der Waals surface area contributed by atoms with Gasteiger partial charge in [-0.3, -0.25) is 9.59 Å². The van der Waals surface area contributed by atoms with Crippen LogP contribution in [0.5, 0.6) is 5.75 Å². The van der Waals surface area contributed by atoms with Crippen LogP contribution in [0.3, 0.4) is 0 Å². The molecular weight excluding hydrogens is 408 g/mol. The van der Waals surface area contributed by atoms with Crippen molar-refractivity contribution in [1.29, 1.82) is 0 Å². The molecule has 0 spiro atoms. The minimum Gasteiger partial charge on any atom is -0.497 e. The summed E-state index contributed by atoms with van der Waals surface area (Å²) in [5, 5.41) is 3.01. The van der Waals surface area contributed by atoms with E-state index in [1.807, 2.05) is 6.07 Å². The number of ether oxygens (including phenoxy) is 1. The molecular formula is C24H22N4O4. The van der Waals surface area contributed by atoms with E-state index in [1.165, 1.54) is 11.7 Å². The van der Waals surface area contributed by atoms with Gasteiger partial charge in [-0.25, -0.2) is 18.9 Å². The molecule has 8 nitrogen and oxygen atoms in total. The molecule has 2 heterocycles. The molecule has 2 aromatic heterocycles. The summed E-state index contributed by atoms with van der Waals surface area (Å²) in [7, 11) is 1.53. The van der Waals surface area contributed by atoms with Gasteiger partial charge in [0.1, 0.15) is 12.3 Å². The molecule has 32 heavy (non-hydrogen) atoms. The van der Waals surface area contributed by atoms with Gasteiger partial charge in [-0.05, 0) is 49.7 Å². The van der Waals surface area contributed by atoms with Crippen LogP contribution >= 0.6 is 0 Å². The second-order valence-corrected chi connectivity index (χ2v) is 7.40. The fourth-order valence-corrected chi connectivity index (χ4v) is 3.67. The van der Waals surface area contributed by atoms with E-state index in [4.69, 9.17) is 4.74 Å². The number of fused-ring (bicyclic) bond motifs is 1. The number of aromatic nitrogens is 3.